The molecule has 1 atom stereocenters. The summed E-state index contributed by atoms with van der Waals surface area (Å²) in [6, 6.07) is 16.5. The van der Waals surface area contributed by atoms with E-state index in [1.165, 1.54) is 11.1 Å². The van der Waals surface area contributed by atoms with Gasteiger partial charge in [0.15, 0.2) is 0 Å². The Morgan fingerprint density at radius 2 is 1.81 bits per heavy atom. The first-order valence-corrected chi connectivity index (χ1v) is 9.68. The molecule has 4 nitrogen and oxygen atoms in total. The van der Waals surface area contributed by atoms with Gasteiger partial charge in [0.25, 0.3) is 5.91 Å². The smallest absolute Gasteiger partial charge is 0.251 e. The molecule has 1 aliphatic rings. The summed E-state index contributed by atoms with van der Waals surface area (Å²) in [4.78, 5) is 14.8. The van der Waals surface area contributed by atoms with Gasteiger partial charge in [-0.25, -0.2) is 0 Å². The van der Waals surface area contributed by atoms with Crippen molar-refractivity contribution in [3.05, 3.63) is 70.8 Å². The summed E-state index contributed by atoms with van der Waals surface area (Å²) in [6.45, 7) is 5.20. The molecular formula is C23H30N2O2. The largest absolute Gasteiger partial charge is 0.390 e. The molecule has 0 fully saturated rings. The van der Waals surface area contributed by atoms with Crippen LogP contribution in [-0.4, -0.2) is 41.1 Å². The Morgan fingerprint density at radius 1 is 1.15 bits per heavy atom. The van der Waals surface area contributed by atoms with Crippen LogP contribution in [0.4, 0.5) is 0 Å². The zero-order chi connectivity index (χ0) is 19.4. The third kappa shape index (κ3) is 5.41. The second kappa shape index (κ2) is 8.24. The summed E-state index contributed by atoms with van der Waals surface area (Å²) in [6.07, 6.45) is 2.47. The quantitative estimate of drug-likeness (QED) is 0.826. The Bertz CT molecular complexity index is 778. The van der Waals surface area contributed by atoms with Crippen molar-refractivity contribution in [3.63, 3.8) is 0 Å². The molecule has 27 heavy (non-hydrogen) atoms. The van der Waals surface area contributed by atoms with Crippen LogP contribution in [0.15, 0.2) is 48.5 Å². The number of benzene rings is 2. The number of carbonyl (C=O) groups excluding carboxylic acids is 1. The second-order valence-corrected chi connectivity index (χ2v) is 8.26. The van der Waals surface area contributed by atoms with Gasteiger partial charge in [0.05, 0.1) is 5.60 Å². The molecule has 2 aromatic carbocycles. The fraction of sp³-hybridized carbons (Fsp3) is 0.435. The zero-order valence-corrected chi connectivity index (χ0v) is 16.5. The fourth-order valence-corrected chi connectivity index (χ4v) is 3.53. The van der Waals surface area contributed by atoms with Crippen molar-refractivity contribution in [1.82, 2.24) is 10.2 Å². The highest BCUT2D eigenvalue weighted by Gasteiger charge is 2.23. The highest BCUT2D eigenvalue weighted by molar-refractivity contribution is 5.94. The molecule has 3 rings (SSSR count). The maximum Gasteiger partial charge on any atom is 0.251 e. The van der Waals surface area contributed by atoms with Crippen LogP contribution in [0.1, 0.15) is 47.3 Å². The van der Waals surface area contributed by atoms with E-state index in [1.54, 1.807) is 0 Å². The third-order valence-electron chi connectivity index (χ3n) is 5.36. The number of nitrogens with zero attached hydrogens (tertiary/aromatic N) is 1. The van der Waals surface area contributed by atoms with Crippen molar-refractivity contribution in [3.8, 4) is 0 Å². The topological polar surface area (TPSA) is 52.6 Å². The monoisotopic (exact) mass is 366 g/mol. The summed E-state index contributed by atoms with van der Waals surface area (Å²) < 4.78 is 0. The van der Waals surface area contributed by atoms with Gasteiger partial charge in [-0.2, -0.15) is 0 Å². The lowest BCUT2D eigenvalue weighted by Gasteiger charge is -2.34. The van der Waals surface area contributed by atoms with E-state index in [-0.39, 0.29) is 5.91 Å². The molecule has 2 aromatic rings. The van der Waals surface area contributed by atoms with Crippen LogP contribution in [0.3, 0.4) is 0 Å². The van der Waals surface area contributed by atoms with Gasteiger partial charge < -0.3 is 10.4 Å². The minimum absolute atomic E-state index is 0.0312. The molecule has 1 amide bonds. The molecule has 144 valence electrons. The van der Waals surface area contributed by atoms with Crippen molar-refractivity contribution in [1.29, 1.82) is 0 Å². The Balaban J connectivity index is 1.53. The van der Waals surface area contributed by atoms with Gasteiger partial charge >= 0.3 is 0 Å². The minimum atomic E-state index is -0.666. The minimum Gasteiger partial charge on any atom is -0.390 e. The molecule has 0 saturated carbocycles. The van der Waals surface area contributed by atoms with Gasteiger partial charge in [-0.05, 0) is 69.0 Å². The number of carbonyl (C=O) groups is 1. The van der Waals surface area contributed by atoms with Crippen molar-refractivity contribution in [2.24, 2.45) is 0 Å². The van der Waals surface area contributed by atoms with E-state index in [0.717, 1.165) is 24.9 Å². The molecule has 2 N–H and O–H groups in total. The molecule has 0 unspecified atom stereocenters. The lowest BCUT2D eigenvalue weighted by Crippen LogP contribution is -2.45. The van der Waals surface area contributed by atoms with Gasteiger partial charge in [-0.1, -0.05) is 36.4 Å². The summed E-state index contributed by atoms with van der Waals surface area (Å²) in [5, 5.41) is 12.9. The lowest BCUT2D eigenvalue weighted by atomic mass is 9.94. The zero-order valence-electron chi connectivity index (χ0n) is 16.5. The summed E-state index contributed by atoms with van der Waals surface area (Å²) >= 11 is 0. The van der Waals surface area contributed by atoms with Crippen molar-refractivity contribution >= 4 is 5.91 Å². The number of fused-ring (bicyclic) bond motifs is 1. The summed E-state index contributed by atoms with van der Waals surface area (Å²) in [5.41, 5.74) is 3.91. The van der Waals surface area contributed by atoms with Gasteiger partial charge in [-0.15, -0.1) is 0 Å². The number of aryl methyl sites for hydroxylation is 1. The van der Waals surface area contributed by atoms with E-state index < -0.39 is 5.60 Å². The van der Waals surface area contributed by atoms with E-state index in [9.17, 15) is 9.90 Å². The van der Waals surface area contributed by atoms with E-state index >= 15 is 0 Å². The number of hydrogen-bond donors (Lipinski definition) is 2. The Hall–Kier alpha value is -2.17. The summed E-state index contributed by atoms with van der Waals surface area (Å²) in [5.74, 6) is -0.0312. The molecule has 0 bridgehead atoms. The van der Waals surface area contributed by atoms with Crippen LogP contribution in [0, 0.1) is 0 Å². The van der Waals surface area contributed by atoms with Crippen molar-refractivity contribution in [2.75, 3.05) is 13.6 Å². The molecule has 4 heteroatoms. The Kier molecular flexibility index (Phi) is 5.98. The molecule has 1 heterocycles. The van der Waals surface area contributed by atoms with Crippen molar-refractivity contribution in [2.45, 2.75) is 51.3 Å². The number of likely N-dealkylation sites (N-methyl/N-ethyl adjacent to an activating group) is 1. The fourth-order valence-electron chi connectivity index (χ4n) is 3.53. The van der Waals surface area contributed by atoms with E-state index in [2.05, 4.69) is 41.5 Å². The lowest BCUT2D eigenvalue weighted by molar-refractivity contribution is 0.0713. The summed E-state index contributed by atoms with van der Waals surface area (Å²) in [7, 11) is 2.12. The predicted octanol–water partition coefficient (Wildman–Crippen LogP) is 3.18. The van der Waals surface area contributed by atoms with Crippen LogP contribution in [0.2, 0.25) is 0 Å². The Labute approximate surface area is 162 Å². The predicted molar refractivity (Wildman–Crippen MR) is 109 cm³/mol. The molecule has 0 saturated heterocycles. The van der Waals surface area contributed by atoms with Gasteiger partial charge in [0.1, 0.15) is 0 Å². The van der Waals surface area contributed by atoms with Crippen LogP contribution in [-0.2, 0) is 19.4 Å². The third-order valence-corrected chi connectivity index (χ3v) is 5.36. The second-order valence-electron chi connectivity index (χ2n) is 8.26. The van der Waals surface area contributed by atoms with Gasteiger partial charge in [0.2, 0.25) is 0 Å². The number of amides is 1. The van der Waals surface area contributed by atoms with E-state index in [4.69, 9.17) is 0 Å². The van der Waals surface area contributed by atoms with Crippen LogP contribution in [0.25, 0.3) is 0 Å². The molecule has 0 spiro atoms. The highest BCUT2D eigenvalue weighted by Crippen LogP contribution is 2.21. The highest BCUT2D eigenvalue weighted by atomic mass is 16.3. The van der Waals surface area contributed by atoms with E-state index in [0.29, 0.717) is 24.6 Å². The average Bonchev–Trinajstić information content (AvgIpc) is 2.64. The molecular weight excluding hydrogens is 336 g/mol. The van der Waals surface area contributed by atoms with Gasteiger partial charge in [0, 0.05) is 24.7 Å². The van der Waals surface area contributed by atoms with Gasteiger partial charge in [-0.3, -0.25) is 9.69 Å². The number of rotatable bonds is 6. The van der Waals surface area contributed by atoms with Crippen molar-refractivity contribution < 1.29 is 9.90 Å². The first-order chi connectivity index (χ1) is 12.8. The number of nitrogens with one attached hydrogen (secondary N) is 1. The molecule has 0 aliphatic carbocycles. The van der Waals surface area contributed by atoms with E-state index in [1.807, 2.05) is 38.1 Å². The average molecular weight is 367 g/mol. The Morgan fingerprint density at radius 3 is 2.48 bits per heavy atom. The normalized spacial score (nSPS) is 17.4. The first-order valence-electron chi connectivity index (χ1n) is 9.68. The first kappa shape index (κ1) is 19.6. The molecule has 0 aromatic heterocycles. The standard InChI is InChI=1S/C23H30N2O2/c1-23(2,27)13-12-17-8-10-18(11-9-17)22(26)24-15-21-14-19-6-4-5-7-20(19)16-25(21)3/h4-11,21,27H,12-16H2,1-3H3,(H,24,26)/t21-/m1/s1. The molecule has 0 radical (unpaired) electrons. The maximum atomic E-state index is 12.5. The van der Waals surface area contributed by atoms with Crippen LogP contribution in [0.5, 0.6) is 0 Å². The molecule has 1 aliphatic heterocycles. The maximum absolute atomic E-state index is 12.5. The SMILES string of the molecule is CN1Cc2ccccc2C[C@@H]1CNC(=O)c1ccc(CCC(C)(C)O)cc1. The van der Waals surface area contributed by atoms with Crippen LogP contribution >= 0.6 is 0 Å². The number of hydrogen-bond acceptors (Lipinski definition) is 3. The van der Waals surface area contributed by atoms with Crippen LogP contribution < -0.4 is 5.32 Å². The number of aliphatic hydroxyl groups is 1.